The third kappa shape index (κ3) is 17.8. The quantitative estimate of drug-likeness (QED) is 0.176. The Hall–Kier alpha value is -0.260. The predicted molar refractivity (Wildman–Crippen MR) is 104 cm³/mol. The molecule has 0 aliphatic rings. The first-order valence-corrected chi connectivity index (χ1v) is 10.5. The van der Waals surface area contributed by atoms with E-state index >= 15 is 0 Å². The van der Waals surface area contributed by atoms with Crippen LogP contribution in [0.2, 0.25) is 0 Å². The molecule has 0 heterocycles. The molecular formula is C22H44. The molecule has 0 fully saturated rings. The maximum absolute atomic E-state index is 4.26. The number of rotatable bonds is 18. The minimum Gasteiger partial charge on any atom is -0.0999 e. The average molecular weight is 309 g/mol. The van der Waals surface area contributed by atoms with Crippen LogP contribution in [0, 0.1) is 0 Å². The van der Waals surface area contributed by atoms with E-state index in [1.54, 1.807) is 0 Å². The van der Waals surface area contributed by atoms with Gasteiger partial charge in [-0.2, -0.15) is 0 Å². The van der Waals surface area contributed by atoms with Gasteiger partial charge in [-0.25, -0.2) is 0 Å². The first-order valence-electron chi connectivity index (χ1n) is 10.5. The van der Waals surface area contributed by atoms with Crippen LogP contribution < -0.4 is 0 Å². The monoisotopic (exact) mass is 308 g/mol. The summed E-state index contributed by atoms with van der Waals surface area (Å²) in [5.74, 6) is 0. The van der Waals surface area contributed by atoms with Gasteiger partial charge in [0.25, 0.3) is 0 Å². The summed E-state index contributed by atoms with van der Waals surface area (Å²) < 4.78 is 0. The zero-order chi connectivity index (χ0) is 16.3. The van der Waals surface area contributed by atoms with E-state index in [1.165, 1.54) is 121 Å². The molecule has 0 aliphatic carbocycles. The molecule has 0 spiro atoms. The summed E-state index contributed by atoms with van der Waals surface area (Å²) in [4.78, 5) is 0. The van der Waals surface area contributed by atoms with Crippen molar-refractivity contribution in [1.29, 1.82) is 0 Å². The Bertz CT molecular complexity index is 216. The summed E-state index contributed by atoms with van der Waals surface area (Å²) >= 11 is 0. The maximum Gasteiger partial charge on any atom is -0.0323 e. The fourth-order valence-electron chi connectivity index (χ4n) is 3.14. The summed E-state index contributed by atoms with van der Waals surface area (Å²) in [6.45, 7) is 8.84. The van der Waals surface area contributed by atoms with E-state index in [9.17, 15) is 0 Å². The van der Waals surface area contributed by atoms with Crippen LogP contribution in [0.4, 0.5) is 0 Å². The van der Waals surface area contributed by atoms with Gasteiger partial charge in [-0.15, -0.1) is 0 Å². The van der Waals surface area contributed by atoms with Gasteiger partial charge in [-0.1, -0.05) is 116 Å². The molecule has 22 heavy (non-hydrogen) atoms. The standard InChI is InChI=1S/C22H44/c1-4-6-8-10-12-13-14-15-17-19-21-22(3)20-18-16-11-9-7-5-2/h3-21H2,1-2H3. The molecule has 0 rings (SSSR count). The van der Waals surface area contributed by atoms with Crippen LogP contribution in [0.5, 0.6) is 0 Å². The molecule has 0 unspecified atom stereocenters. The molecule has 0 amide bonds. The molecule has 0 atom stereocenters. The highest BCUT2D eigenvalue weighted by atomic mass is 14.0. The summed E-state index contributed by atoms with van der Waals surface area (Å²) in [5.41, 5.74) is 1.51. The second kappa shape index (κ2) is 18.8. The lowest BCUT2D eigenvalue weighted by Gasteiger charge is -2.06. The Morgan fingerprint density at radius 2 is 0.727 bits per heavy atom. The molecule has 0 saturated carbocycles. The first-order chi connectivity index (χ1) is 10.8. The molecule has 0 aromatic carbocycles. The molecule has 0 aliphatic heterocycles. The lowest BCUT2D eigenvalue weighted by atomic mass is 10.0. The summed E-state index contributed by atoms with van der Waals surface area (Å²) in [7, 11) is 0. The van der Waals surface area contributed by atoms with Crippen molar-refractivity contribution >= 4 is 0 Å². The van der Waals surface area contributed by atoms with E-state index in [1.807, 2.05) is 0 Å². The zero-order valence-electron chi connectivity index (χ0n) is 15.9. The Balaban J connectivity index is 3.12. The lowest BCUT2D eigenvalue weighted by molar-refractivity contribution is 0.552. The lowest BCUT2D eigenvalue weighted by Crippen LogP contribution is -1.86. The summed E-state index contributed by atoms with van der Waals surface area (Å²) in [6.07, 6.45) is 25.3. The van der Waals surface area contributed by atoms with Gasteiger partial charge in [0.05, 0.1) is 0 Å². The highest BCUT2D eigenvalue weighted by molar-refractivity contribution is 4.93. The molecule has 0 heteroatoms. The highest BCUT2D eigenvalue weighted by Gasteiger charge is 1.97. The van der Waals surface area contributed by atoms with Gasteiger partial charge in [0.15, 0.2) is 0 Å². The van der Waals surface area contributed by atoms with E-state index in [4.69, 9.17) is 0 Å². The molecule has 132 valence electrons. The fourth-order valence-corrected chi connectivity index (χ4v) is 3.14. The second-order valence-corrected chi connectivity index (χ2v) is 7.20. The van der Waals surface area contributed by atoms with Crippen LogP contribution in [0.3, 0.4) is 0 Å². The molecule has 0 N–H and O–H groups in total. The molecule has 0 aromatic heterocycles. The molecule has 0 bridgehead atoms. The molecule has 0 nitrogen and oxygen atoms in total. The van der Waals surface area contributed by atoms with Crippen LogP contribution >= 0.6 is 0 Å². The van der Waals surface area contributed by atoms with Crippen molar-refractivity contribution in [3.05, 3.63) is 12.2 Å². The maximum atomic E-state index is 4.26. The van der Waals surface area contributed by atoms with Crippen molar-refractivity contribution in [3.8, 4) is 0 Å². The fraction of sp³-hybridized carbons (Fsp3) is 0.909. The van der Waals surface area contributed by atoms with Gasteiger partial charge in [0.2, 0.25) is 0 Å². The number of hydrogen-bond acceptors (Lipinski definition) is 0. The number of unbranched alkanes of at least 4 members (excludes halogenated alkanes) is 14. The van der Waals surface area contributed by atoms with Crippen molar-refractivity contribution in [2.24, 2.45) is 0 Å². The van der Waals surface area contributed by atoms with Gasteiger partial charge in [-0.3, -0.25) is 0 Å². The third-order valence-electron chi connectivity index (χ3n) is 4.77. The van der Waals surface area contributed by atoms with Crippen LogP contribution in [-0.4, -0.2) is 0 Å². The number of hydrogen-bond donors (Lipinski definition) is 0. The molecule has 0 saturated heterocycles. The third-order valence-corrected chi connectivity index (χ3v) is 4.77. The second-order valence-electron chi connectivity index (χ2n) is 7.20. The number of allylic oxidation sites excluding steroid dienone is 1. The Kier molecular flexibility index (Phi) is 18.6. The van der Waals surface area contributed by atoms with Crippen LogP contribution in [-0.2, 0) is 0 Å². The molecule has 0 radical (unpaired) electrons. The van der Waals surface area contributed by atoms with E-state index in [2.05, 4.69) is 20.4 Å². The van der Waals surface area contributed by atoms with Crippen molar-refractivity contribution < 1.29 is 0 Å². The Labute approximate surface area is 142 Å². The van der Waals surface area contributed by atoms with Crippen molar-refractivity contribution in [2.75, 3.05) is 0 Å². The minimum absolute atomic E-state index is 1.28. The van der Waals surface area contributed by atoms with Gasteiger partial charge in [0.1, 0.15) is 0 Å². The van der Waals surface area contributed by atoms with Crippen molar-refractivity contribution in [3.63, 3.8) is 0 Å². The van der Waals surface area contributed by atoms with E-state index in [0.717, 1.165) is 0 Å². The van der Waals surface area contributed by atoms with Crippen LogP contribution in [0.1, 0.15) is 129 Å². The van der Waals surface area contributed by atoms with Crippen molar-refractivity contribution in [1.82, 2.24) is 0 Å². The van der Waals surface area contributed by atoms with Gasteiger partial charge >= 0.3 is 0 Å². The predicted octanol–water partition coefficient (Wildman–Crippen LogP) is 8.60. The Morgan fingerprint density at radius 3 is 1.05 bits per heavy atom. The van der Waals surface area contributed by atoms with E-state index in [-0.39, 0.29) is 0 Å². The van der Waals surface area contributed by atoms with Crippen LogP contribution in [0.25, 0.3) is 0 Å². The largest absolute Gasteiger partial charge is 0.0999 e. The van der Waals surface area contributed by atoms with Crippen molar-refractivity contribution in [2.45, 2.75) is 129 Å². The first kappa shape index (κ1) is 21.7. The minimum atomic E-state index is 1.28. The average Bonchev–Trinajstić information content (AvgIpc) is 2.52. The highest BCUT2D eigenvalue weighted by Crippen LogP contribution is 2.17. The van der Waals surface area contributed by atoms with Gasteiger partial charge in [0, 0.05) is 0 Å². The van der Waals surface area contributed by atoms with E-state index < -0.39 is 0 Å². The molecule has 0 aromatic rings. The summed E-state index contributed by atoms with van der Waals surface area (Å²) in [6, 6.07) is 0. The Morgan fingerprint density at radius 1 is 0.455 bits per heavy atom. The van der Waals surface area contributed by atoms with E-state index in [0.29, 0.717) is 0 Å². The summed E-state index contributed by atoms with van der Waals surface area (Å²) in [5, 5.41) is 0. The normalized spacial score (nSPS) is 11.0. The van der Waals surface area contributed by atoms with Crippen LogP contribution in [0.15, 0.2) is 12.2 Å². The SMILES string of the molecule is C=C(CCCCCCCC)CCCCCCCCCCCC. The molecular weight excluding hydrogens is 264 g/mol. The zero-order valence-corrected chi connectivity index (χ0v) is 15.9. The smallest absolute Gasteiger partial charge is 0.0323 e. The van der Waals surface area contributed by atoms with Gasteiger partial charge < -0.3 is 0 Å². The topological polar surface area (TPSA) is 0 Å². The van der Waals surface area contributed by atoms with Gasteiger partial charge in [-0.05, 0) is 25.7 Å².